The molecule has 0 saturated heterocycles. The number of aliphatic imine (C=N–C) groups is 1. The van der Waals surface area contributed by atoms with Crippen LogP contribution < -0.4 is 15.4 Å². The number of nitrogens with zero attached hydrogens (tertiary/aromatic N) is 3. The summed E-state index contributed by atoms with van der Waals surface area (Å²) in [6, 6.07) is 6.28. The minimum Gasteiger partial charge on any atom is -0.491 e. The maximum atomic E-state index is 5.95. The Morgan fingerprint density at radius 2 is 2.00 bits per heavy atom. The monoisotopic (exact) mass is 499 g/mol. The number of nitrogens with one attached hydrogen (secondary N) is 2. The van der Waals surface area contributed by atoms with E-state index in [0.717, 1.165) is 43.3 Å². The lowest BCUT2D eigenvalue weighted by molar-refractivity contribution is 0.240. The van der Waals surface area contributed by atoms with Crippen LogP contribution in [0.5, 0.6) is 5.75 Å². The molecule has 0 amide bonds. The van der Waals surface area contributed by atoms with Crippen LogP contribution in [0.25, 0.3) is 0 Å². The Morgan fingerprint density at radius 3 is 2.64 bits per heavy atom. The number of hydrogen-bond donors (Lipinski definition) is 2. The summed E-state index contributed by atoms with van der Waals surface area (Å²) in [6.45, 7) is 13.4. The average Bonchev–Trinajstić information content (AvgIpc) is 3.02. The van der Waals surface area contributed by atoms with Gasteiger partial charge in [-0.25, -0.2) is 4.99 Å². The molecule has 28 heavy (non-hydrogen) atoms. The smallest absolute Gasteiger partial charge is 0.191 e. The fourth-order valence-electron chi connectivity index (χ4n) is 2.70. The van der Waals surface area contributed by atoms with Crippen LogP contribution in [0.15, 0.2) is 35.6 Å². The van der Waals surface area contributed by atoms with E-state index >= 15 is 0 Å². The zero-order valence-corrected chi connectivity index (χ0v) is 20.0. The minimum absolute atomic E-state index is 0. The van der Waals surface area contributed by atoms with E-state index in [1.807, 2.05) is 24.7 Å². The molecule has 1 heterocycles. The Morgan fingerprint density at radius 1 is 1.21 bits per heavy atom. The fraction of sp³-hybridized carbons (Fsp3) is 0.524. The molecule has 0 spiro atoms. The Balaban J connectivity index is 0.00000392. The second kappa shape index (κ2) is 12.6. The van der Waals surface area contributed by atoms with Gasteiger partial charge in [-0.1, -0.05) is 12.1 Å². The first-order valence-electron chi connectivity index (χ1n) is 9.75. The van der Waals surface area contributed by atoms with Gasteiger partial charge in [0, 0.05) is 31.4 Å². The Bertz CT molecular complexity index is 742. The summed E-state index contributed by atoms with van der Waals surface area (Å²) in [5.41, 5.74) is 3.48. The van der Waals surface area contributed by atoms with Gasteiger partial charge in [0.1, 0.15) is 5.75 Å². The molecular weight excluding hydrogens is 465 g/mol. The Kier molecular flexibility index (Phi) is 11.0. The zero-order valence-electron chi connectivity index (χ0n) is 17.7. The van der Waals surface area contributed by atoms with E-state index in [-0.39, 0.29) is 30.1 Å². The van der Waals surface area contributed by atoms with Crippen LogP contribution in [0.4, 0.5) is 0 Å². The van der Waals surface area contributed by atoms with Crippen LogP contribution >= 0.6 is 24.0 Å². The van der Waals surface area contributed by atoms with Gasteiger partial charge < -0.3 is 15.4 Å². The Labute approximate surface area is 186 Å². The molecule has 156 valence electrons. The predicted octanol–water partition coefficient (Wildman–Crippen LogP) is 4.05. The molecule has 0 unspecified atom stereocenters. The van der Waals surface area contributed by atoms with Gasteiger partial charge in [0.2, 0.25) is 0 Å². The molecule has 2 aromatic rings. The maximum absolute atomic E-state index is 5.95. The van der Waals surface area contributed by atoms with Crippen LogP contribution in [0.1, 0.15) is 43.9 Å². The highest BCUT2D eigenvalue weighted by Crippen LogP contribution is 2.22. The summed E-state index contributed by atoms with van der Waals surface area (Å²) in [5.74, 6) is 1.74. The molecular formula is C21H34IN5O. The van der Waals surface area contributed by atoms with Crippen molar-refractivity contribution < 1.29 is 4.74 Å². The van der Waals surface area contributed by atoms with E-state index in [0.29, 0.717) is 6.54 Å². The van der Waals surface area contributed by atoms with Gasteiger partial charge in [-0.2, -0.15) is 5.10 Å². The standard InChI is InChI=1S/C21H33N5O.HI/c1-6-22-21(23-10-7-11-26-15-18(5)13-25-26)24-14-19-9-8-17(4)12-20(19)27-16(2)3;/h8-9,12-13,15-16H,6-7,10-11,14H2,1-5H3,(H2,22,23,24);1H. The fourth-order valence-corrected chi connectivity index (χ4v) is 2.70. The number of rotatable bonds is 9. The minimum atomic E-state index is 0. The number of aryl methyl sites for hydroxylation is 3. The van der Waals surface area contributed by atoms with Crippen LogP contribution in [0, 0.1) is 13.8 Å². The van der Waals surface area contributed by atoms with Crippen molar-refractivity contribution in [3.05, 3.63) is 47.3 Å². The van der Waals surface area contributed by atoms with Crippen molar-refractivity contribution in [2.75, 3.05) is 13.1 Å². The molecule has 1 aromatic carbocycles. The van der Waals surface area contributed by atoms with E-state index in [2.05, 4.69) is 60.9 Å². The number of guanidine groups is 1. The van der Waals surface area contributed by atoms with Crippen molar-refractivity contribution >= 4 is 29.9 Å². The maximum Gasteiger partial charge on any atom is 0.191 e. The summed E-state index contributed by atoms with van der Waals surface area (Å²) in [4.78, 5) is 4.72. The molecule has 0 aliphatic heterocycles. The second-order valence-corrected chi connectivity index (χ2v) is 7.03. The molecule has 0 radical (unpaired) electrons. The van der Waals surface area contributed by atoms with Gasteiger partial charge >= 0.3 is 0 Å². The third-order valence-electron chi connectivity index (χ3n) is 3.96. The van der Waals surface area contributed by atoms with Gasteiger partial charge in [-0.05, 0) is 58.2 Å². The van der Waals surface area contributed by atoms with Gasteiger partial charge in [0.05, 0.1) is 18.8 Å². The lowest BCUT2D eigenvalue weighted by Gasteiger charge is -2.15. The summed E-state index contributed by atoms with van der Waals surface area (Å²) in [5, 5.41) is 11.0. The number of halogens is 1. The first kappa shape index (κ1) is 24.3. The van der Waals surface area contributed by atoms with Crippen molar-refractivity contribution in [2.24, 2.45) is 4.99 Å². The average molecular weight is 499 g/mol. The summed E-state index contributed by atoms with van der Waals surface area (Å²) in [6.07, 6.45) is 5.08. The number of ether oxygens (including phenoxy) is 1. The highest BCUT2D eigenvalue weighted by Gasteiger charge is 2.07. The number of aromatic nitrogens is 2. The van der Waals surface area contributed by atoms with Crippen molar-refractivity contribution in [3.63, 3.8) is 0 Å². The zero-order chi connectivity index (χ0) is 19.6. The third kappa shape index (κ3) is 8.50. The molecule has 0 bridgehead atoms. The van der Waals surface area contributed by atoms with Crippen molar-refractivity contribution in [2.45, 2.75) is 60.2 Å². The van der Waals surface area contributed by atoms with Crippen molar-refractivity contribution in [1.29, 1.82) is 0 Å². The molecule has 0 aliphatic rings. The molecule has 2 rings (SSSR count). The third-order valence-corrected chi connectivity index (χ3v) is 3.96. The highest BCUT2D eigenvalue weighted by molar-refractivity contribution is 14.0. The van der Waals surface area contributed by atoms with E-state index < -0.39 is 0 Å². The molecule has 6 nitrogen and oxygen atoms in total. The second-order valence-electron chi connectivity index (χ2n) is 7.03. The topological polar surface area (TPSA) is 63.5 Å². The number of benzene rings is 1. The van der Waals surface area contributed by atoms with E-state index in [1.54, 1.807) is 0 Å². The number of hydrogen-bond acceptors (Lipinski definition) is 3. The molecule has 0 atom stereocenters. The van der Waals surface area contributed by atoms with Crippen molar-refractivity contribution in [3.8, 4) is 5.75 Å². The largest absolute Gasteiger partial charge is 0.491 e. The van der Waals surface area contributed by atoms with Gasteiger partial charge in [0.15, 0.2) is 5.96 Å². The normalized spacial score (nSPS) is 11.3. The molecule has 0 fully saturated rings. The first-order chi connectivity index (χ1) is 13.0. The molecule has 1 aromatic heterocycles. The summed E-state index contributed by atoms with van der Waals surface area (Å²) in [7, 11) is 0. The summed E-state index contributed by atoms with van der Waals surface area (Å²) < 4.78 is 7.92. The van der Waals surface area contributed by atoms with E-state index in [9.17, 15) is 0 Å². The van der Waals surface area contributed by atoms with Crippen LogP contribution in [0.3, 0.4) is 0 Å². The highest BCUT2D eigenvalue weighted by atomic mass is 127. The molecule has 0 aliphatic carbocycles. The predicted molar refractivity (Wildman–Crippen MR) is 127 cm³/mol. The Hall–Kier alpha value is -1.77. The van der Waals surface area contributed by atoms with Crippen LogP contribution in [-0.4, -0.2) is 34.9 Å². The van der Waals surface area contributed by atoms with E-state index in [4.69, 9.17) is 9.73 Å². The molecule has 0 saturated carbocycles. The van der Waals surface area contributed by atoms with Crippen molar-refractivity contribution in [1.82, 2.24) is 20.4 Å². The molecule has 7 heteroatoms. The van der Waals surface area contributed by atoms with Gasteiger partial charge in [-0.3, -0.25) is 4.68 Å². The van der Waals surface area contributed by atoms with Crippen LogP contribution in [-0.2, 0) is 13.1 Å². The summed E-state index contributed by atoms with van der Waals surface area (Å²) >= 11 is 0. The SMILES string of the molecule is CCNC(=NCc1ccc(C)cc1OC(C)C)NCCCn1cc(C)cn1.I. The van der Waals surface area contributed by atoms with Gasteiger partial charge in [0.25, 0.3) is 0 Å². The first-order valence-corrected chi connectivity index (χ1v) is 9.75. The van der Waals surface area contributed by atoms with E-state index in [1.165, 1.54) is 11.1 Å². The van der Waals surface area contributed by atoms with Crippen LogP contribution in [0.2, 0.25) is 0 Å². The quantitative estimate of drug-likeness (QED) is 0.237. The van der Waals surface area contributed by atoms with Gasteiger partial charge in [-0.15, -0.1) is 24.0 Å². The lowest BCUT2D eigenvalue weighted by Crippen LogP contribution is -2.38. The lowest BCUT2D eigenvalue weighted by atomic mass is 10.1. The molecule has 2 N–H and O–H groups in total.